The van der Waals surface area contributed by atoms with Gasteiger partial charge in [0.25, 0.3) is 0 Å². The van der Waals surface area contributed by atoms with Crippen molar-refractivity contribution in [1.82, 2.24) is 20.2 Å². The van der Waals surface area contributed by atoms with Gasteiger partial charge in [-0.3, -0.25) is 4.90 Å². The van der Waals surface area contributed by atoms with Crippen LogP contribution in [-0.4, -0.2) is 40.5 Å². The highest BCUT2D eigenvalue weighted by molar-refractivity contribution is 5.51. The van der Waals surface area contributed by atoms with Crippen molar-refractivity contribution in [2.75, 3.05) is 24.5 Å². The van der Waals surface area contributed by atoms with Gasteiger partial charge in [-0.05, 0) is 30.9 Å². The van der Waals surface area contributed by atoms with Gasteiger partial charge < -0.3 is 15.2 Å². The van der Waals surface area contributed by atoms with Gasteiger partial charge in [0.05, 0.1) is 0 Å². The molecule has 6 nitrogen and oxygen atoms in total. The number of H-pyrrole nitrogens is 1. The van der Waals surface area contributed by atoms with E-state index in [1.807, 2.05) is 0 Å². The number of anilines is 1. The zero-order valence-corrected chi connectivity index (χ0v) is 15.2. The average Bonchev–Trinajstić information content (AvgIpc) is 3.24. The molecule has 6 heteroatoms. The monoisotopic (exact) mass is 351 g/mol. The first kappa shape index (κ1) is 16.0. The number of hydrogen-bond acceptors (Lipinski definition) is 5. The van der Waals surface area contributed by atoms with Gasteiger partial charge in [-0.2, -0.15) is 4.98 Å². The SMILES string of the molecule is C[C@H]1CN(c2nc(=O)[nH]c3c2CN(C2CCc4ccccc42)C3)CCN1. The van der Waals surface area contributed by atoms with Crippen LogP contribution in [0.25, 0.3) is 0 Å². The molecule has 1 aromatic carbocycles. The highest BCUT2D eigenvalue weighted by atomic mass is 16.1. The molecule has 0 saturated carbocycles. The third kappa shape index (κ3) is 2.64. The maximum atomic E-state index is 12.2. The topological polar surface area (TPSA) is 64.3 Å². The van der Waals surface area contributed by atoms with Crippen LogP contribution < -0.4 is 15.9 Å². The molecule has 2 aromatic rings. The average molecular weight is 351 g/mol. The van der Waals surface area contributed by atoms with Gasteiger partial charge in [-0.1, -0.05) is 24.3 Å². The number of aromatic amines is 1. The largest absolute Gasteiger partial charge is 0.353 e. The molecule has 3 heterocycles. The Balaban J connectivity index is 1.46. The fourth-order valence-corrected chi connectivity index (χ4v) is 4.81. The summed E-state index contributed by atoms with van der Waals surface area (Å²) in [7, 11) is 0. The summed E-state index contributed by atoms with van der Waals surface area (Å²) in [6.45, 7) is 6.59. The number of piperazine rings is 1. The zero-order valence-electron chi connectivity index (χ0n) is 15.2. The maximum Gasteiger partial charge on any atom is 0.347 e. The summed E-state index contributed by atoms with van der Waals surface area (Å²) in [5.41, 5.74) is 4.96. The van der Waals surface area contributed by atoms with Gasteiger partial charge in [0.1, 0.15) is 5.82 Å². The molecule has 0 radical (unpaired) electrons. The van der Waals surface area contributed by atoms with Crippen LogP contribution in [0, 0.1) is 0 Å². The lowest BCUT2D eigenvalue weighted by Crippen LogP contribution is -2.50. The minimum atomic E-state index is -0.224. The molecular weight excluding hydrogens is 326 g/mol. The van der Waals surface area contributed by atoms with Crippen LogP contribution in [0.15, 0.2) is 29.1 Å². The normalized spacial score (nSPS) is 25.3. The van der Waals surface area contributed by atoms with Crippen molar-refractivity contribution in [3.63, 3.8) is 0 Å². The molecule has 1 unspecified atom stereocenters. The van der Waals surface area contributed by atoms with Crippen molar-refractivity contribution in [1.29, 1.82) is 0 Å². The molecule has 0 spiro atoms. The molecule has 136 valence electrons. The Morgan fingerprint density at radius 3 is 3.00 bits per heavy atom. The van der Waals surface area contributed by atoms with Crippen LogP contribution >= 0.6 is 0 Å². The number of hydrogen-bond donors (Lipinski definition) is 2. The van der Waals surface area contributed by atoms with E-state index >= 15 is 0 Å². The Hall–Kier alpha value is -2.18. The van der Waals surface area contributed by atoms with Crippen LogP contribution in [0.4, 0.5) is 5.82 Å². The molecule has 3 aliphatic rings. The summed E-state index contributed by atoms with van der Waals surface area (Å²) in [4.78, 5) is 24.3. The third-order valence-corrected chi connectivity index (χ3v) is 6.03. The molecule has 2 N–H and O–H groups in total. The van der Waals surface area contributed by atoms with E-state index in [2.05, 4.69) is 56.3 Å². The van der Waals surface area contributed by atoms with Gasteiger partial charge in [0, 0.05) is 56.1 Å². The highest BCUT2D eigenvalue weighted by Gasteiger charge is 2.34. The summed E-state index contributed by atoms with van der Waals surface area (Å²) in [5, 5.41) is 3.46. The van der Waals surface area contributed by atoms with Crippen LogP contribution in [-0.2, 0) is 19.5 Å². The van der Waals surface area contributed by atoms with E-state index in [0.29, 0.717) is 12.1 Å². The number of benzene rings is 1. The molecule has 5 rings (SSSR count). The van der Waals surface area contributed by atoms with Gasteiger partial charge in [0.15, 0.2) is 0 Å². The molecule has 1 fully saturated rings. The fourth-order valence-electron chi connectivity index (χ4n) is 4.81. The first-order valence-electron chi connectivity index (χ1n) is 9.61. The van der Waals surface area contributed by atoms with E-state index in [1.165, 1.54) is 16.7 Å². The predicted octanol–water partition coefficient (Wildman–Crippen LogP) is 1.57. The summed E-state index contributed by atoms with van der Waals surface area (Å²) in [5.74, 6) is 0.894. The number of fused-ring (bicyclic) bond motifs is 2. The molecule has 0 bridgehead atoms. The van der Waals surface area contributed by atoms with Crippen molar-refractivity contribution in [3.05, 3.63) is 57.1 Å². The van der Waals surface area contributed by atoms with Gasteiger partial charge >= 0.3 is 5.69 Å². The smallest absolute Gasteiger partial charge is 0.347 e. The Morgan fingerprint density at radius 2 is 2.12 bits per heavy atom. The van der Waals surface area contributed by atoms with E-state index < -0.39 is 0 Å². The van der Waals surface area contributed by atoms with Crippen LogP contribution in [0.5, 0.6) is 0 Å². The van der Waals surface area contributed by atoms with Crippen LogP contribution in [0.2, 0.25) is 0 Å². The fraction of sp³-hybridized carbons (Fsp3) is 0.500. The van der Waals surface area contributed by atoms with Gasteiger partial charge in [-0.25, -0.2) is 4.79 Å². The lowest BCUT2D eigenvalue weighted by atomic mass is 10.1. The van der Waals surface area contributed by atoms with Gasteiger partial charge in [-0.15, -0.1) is 0 Å². The second kappa shape index (κ2) is 6.21. The predicted molar refractivity (Wildman–Crippen MR) is 101 cm³/mol. The van der Waals surface area contributed by atoms with Crippen molar-refractivity contribution in [3.8, 4) is 0 Å². The van der Waals surface area contributed by atoms with E-state index in [1.54, 1.807) is 0 Å². The maximum absolute atomic E-state index is 12.2. The summed E-state index contributed by atoms with van der Waals surface area (Å²) < 4.78 is 0. The van der Waals surface area contributed by atoms with Crippen molar-refractivity contribution in [2.24, 2.45) is 0 Å². The van der Waals surface area contributed by atoms with Crippen molar-refractivity contribution in [2.45, 2.75) is 44.9 Å². The number of aromatic nitrogens is 2. The Kier molecular flexibility index (Phi) is 3.83. The number of rotatable bonds is 2. The minimum Gasteiger partial charge on any atom is -0.353 e. The number of nitrogens with one attached hydrogen (secondary N) is 2. The molecular formula is C20H25N5O. The molecule has 1 aliphatic carbocycles. The number of aryl methyl sites for hydroxylation is 1. The summed E-state index contributed by atoms with van der Waals surface area (Å²) in [6, 6.07) is 9.63. The van der Waals surface area contributed by atoms with E-state index in [9.17, 15) is 4.79 Å². The van der Waals surface area contributed by atoms with Gasteiger partial charge in [0.2, 0.25) is 0 Å². The second-order valence-electron chi connectivity index (χ2n) is 7.78. The van der Waals surface area contributed by atoms with E-state index in [0.717, 1.165) is 57.1 Å². The highest BCUT2D eigenvalue weighted by Crippen LogP contribution is 2.40. The molecule has 1 saturated heterocycles. The first-order chi connectivity index (χ1) is 12.7. The van der Waals surface area contributed by atoms with Crippen LogP contribution in [0.3, 0.4) is 0 Å². The Labute approximate surface area is 153 Å². The molecule has 26 heavy (non-hydrogen) atoms. The second-order valence-corrected chi connectivity index (χ2v) is 7.78. The van der Waals surface area contributed by atoms with E-state index in [4.69, 9.17) is 0 Å². The summed E-state index contributed by atoms with van der Waals surface area (Å²) >= 11 is 0. The molecule has 1 aromatic heterocycles. The van der Waals surface area contributed by atoms with E-state index in [-0.39, 0.29) is 5.69 Å². The summed E-state index contributed by atoms with van der Waals surface area (Å²) in [6.07, 6.45) is 2.30. The quantitative estimate of drug-likeness (QED) is 0.860. The first-order valence-corrected chi connectivity index (χ1v) is 9.61. The third-order valence-electron chi connectivity index (χ3n) is 6.03. The molecule has 0 amide bonds. The lowest BCUT2D eigenvalue weighted by Gasteiger charge is -2.33. The minimum absolute atomic E-state index is 0.224. The standard InChI is InChI=1S/C20H25N5O/c1-13-10-24(9-8-21-13)19-16-11-25(12-17(16)22-20(26)23-19)18-7-6-14-4-2-3-5-15(14)18/h2-5,13,18,21H,6-12H2,1H3,(H,22,23,26)/t13-,18?/m0/s1. The Morgan fingerprint density at radius 1 is 1.23 bits per heavy atom. The van der Waals surface area contributed by atoms with Crippen molar-refractivity contribution < 1.29 is 0 Å². The Bertz CT molecular complexity index is 892. The zero-order chi connectivity index (χ0) is 17.7. The molecule has 2 aliphatic heterocycles. The number of nitrogens with zero attached hydrogens (tertiary/aromatic N) is 3. The van der Waals surface area contributed by atoms with Crippen LogP contribution in [0.1, 0.15) is 41.8 Å². The lowest BCUT2D eigenvalue weighted by molar-refractivity contribution is 0.199. The molecule has 2 atom stereocenters. The van der Waals surface area contributed by atoms with Crippen molar-refractivity contribution >= 4 is 5.82 Å².